The standard InChI is InChI=1S/C14H15NS/c1-10-13(6-8-16-10)11-4-5-14-12(9-11)3-2-7-15-14/h4-6,8-9,15H,2-3,7H2,1H3. The minimum atomic E-state index is 1.11. The summed E-state index contributed by atoms with van der Waals surface area (Å²) in [4.78, 5) is 1.41. The molecule has 3 rings (SSSR count). The normalized spacial score (nSPS) is 14.3. The zero-order chi connectivity index (χ0) is 11.0. The molecule has 82 valence electrons. The van der Waals surface area contributed by atoms with Gasteiger partial charge in [0.05, 0.1) is 0 Å². The molecule has 0 aliphatic carbocycles. The maximum absolute atomic E-state index is 3.45. The lowest BCUT2D eigenvalue weighted by molar-refractivity contribution is 0.830. The van der Waals surface area contributed by atoms with E-state index in [1.54, 1.807) is 0 Å². The van der Waals surface area contributed by atoms with Crippen LogP contribution in [0.2, 0.25) is 0 Å². The van der Waals surface area contributed by atoms with Crippen molar-refractivity contribution in [3.8, 4) is 11.1 Å². The van der Waals surface area contributed by atoms with Crippen LogP contribution in [0, 0.1) is 6.92 Å². The zero-order valence-electron chi connectivity index (χ0n) is 9.42. The lowest BCUT2D eigenvalue weighted by Gasteiger charge is -2.18. The van der Waals surface area contributed by atoms with Crippen molar-refractivity contribution < 1.29 is 0 Å². The summed E-state index contributed by atoms with van der Waals surface area (Å²) in [5, 5.41) is 5.62. The van der Waals surface area contributed by atoms with Crippen molar-refractivity contribution in [1.29, 1.82) is 0 Å². The van der Waals surface area contributed by atoms with Gasteiger partial charge in [0.2, 0.25) is 0 Å². The molecule has 1 nitrogen and oxygen atoms in total. The molecule has 0 amide bonds. The van der Waals surface area contributed by atoms with Crippen molar-refractivity contribution in [3.05, 3.63) is 40.1 Å². The Balaban J connectivity index is 2.06. The molecule has 0 saturated heterocycles. The number of thiophene rings is 1. The Morgan fingerprint density at radius 3 is 3.00 bits per heavy atom. The largest absolute Gasteiger partial charge is 0.385 e. The fraction of sp³-hybridized carbons (Fsp3) is 0.286. The summed E-state index contributed by atoms with van der Waals surface area (Å²) >= 11 is 1.82. The van der Waals surface area contributed by atoms with Gasteiger partial charge in [0.15, 0.2) is 0 Å². The Kier molecular flexibility index (Phi) is 2.44. The molecule has 0 unspecified atom stereocenters. The number of nitrogens with one attached hydrogen (secondary N) is 1. The summed E-state index contributed by atoms with van der Waals surface area (Å²) in [7, 11) is 0. The van der Waals surface area contributed by atoms with E-state index < -0.39 is 0 Å². The first-order valence-corrected chi connectivity index (χ1v) is 6.64. The summed E-state index contributed by atoms with van der Waals surface area (Å²) in [6.45, 7) is 3.31. The van der Waals surface area contributed by atoms with Crippen molar-refractivity contribution in [3.63, 3.8) is 0 Å². The van der Waals surface area contributed by atoms with Crippen LogP contribution in [0.1, 0.15) is 16.9 Å². The predicted molar refractivity (Wildman–Crippen MR) is 71.3 cm³/mol. The number of benzene rings is 1. The van der Waals surface area contributed by atoms with E-state index in [1.165, 1.54) is 40.1 Å². The first-order chi connectivity index (χ1) is 7.84. The van der Waals surface area contributed by atoms with E-state index in [9.17, 15) is 0 Å². The van der Waals surface area contributed by atoms with Crippen LogP contribution < -0.4 is 5.32 Å². The Morgan fingerprint density at radius 2 is 2.19 bits per heavy atom. The average Bonchev–Trinajstić information content (AvgIpc) is 2.75. The summed E-state index contributed by atoms with van der Waals surface area (Å²) in [6, 6.07) is 9.02. The second kappa shape index (κ2) is 3.95. The lowest BCUT2D eigenvalue weighted by atomic mass is 9.98. The van der Waals surface area contributed by atoms with Gasteiger partial charge in [-0.2, -0.15) is 0 Å². The van der Waals surface area contributed by atoms with Gasteiger partial charge in [-0.25, -0.2) is 0 Å². The van der Waals surface area contributed by atoms with Crippen molar-refractivity contribution >= 4 is 17.0 Å². The molecule has 16 heavy (non-hydrogen) atoms. The van der Waals surface area contributed by atoms with Gasteiger partial charge in [-0.3, -0.25) is 0 Å². The fourth-order valence-corrected chi connectivity index (χ4v) is 3.05. The van der Waals surface area contributed by atoms with Crippen LogP contribution in [0.15, 0.2) is 29.6 Å². The molecule has 0 bridgehead atoms. The van der Waals surface area contributed by atoms with Crippen LogP contribution in [0.4, 0.5) is 5.69 Å². The monoisotopic (exact) mass is 229 g/mol. The molecule has 1 aromatic heterocycles. The van der Waals surface area contributed by atoms with Gasteiger partial charge in [0.1, 0.15) is 0 Å². The summed E-state index contributed by atoms with van der Waals surface area (Å²) in [5.74, 6) is 0. The number of hydrogen-bond acceptors (Lipinski definition) is 2. The van der Waals surface area contributed by atoms with Crippen LogP contribution in [0.25, 0.3) is 11.1 Å². The number of hydrogen-bond donors (Lipinski definition) is 1. The van der Waals surface area contributed by atoms with E-state index in [0.717, 1.165) is 6.54 Å². The molecule has 1 aliphatic rings. The van der Waals surface area contributed by atoms with Crippen molar-refractivity contribution in [2.24, 2.45) is 0 Å². The van der Waals surface area contributed by atoms with E-state index >= 15 is 0 Å². The van der Waals surface area contributed by atoms with Crippen LogP contribution in [0.5, 0.6) is 0 Å². The van der Waals surface area contributed by atoms with Gasteiger partial charge in [0.25, 0.3) is 0 Å². The first kappa shape index (κ1) is 9.91. The van der Waals surface area contributed by atoms with Crippen molar-refractivity contribution in [2.75, 3.05) is 11.9 Å². The first-order valence-electron chi connectivity index (χ1n) is 5.76. The summed E-state index contributed by atoms with van der Waals surface area (Å²) in [5.41, 5.74) is 5.54. The number of anilines is 1. The second-order valence-electron chi connectivity index (χ2n) is 4.29. The average molecular weight is 229 g/mol. The zero-order valence-corrected chi connectivity index (χ0v) is 10.2. The van der Waals surface area contributed by atoms with Crippen molar-refractivity contribution in [1.82, 2.24) is 0 Å². The van der Waals surface area contributed by atoms with Gasteiger partial charge in [-0.15, -0.1) is 11.3 Å². The van der Waals surface area contributed by atoms with E-state index in [4.69, 9.17) is 0 Å². The molecular weight excluding hydrogens is 214 g/mol. The molecule has 1 aliphatic heterocycles. The van der Waals surface area contributed by atoms with Gasteiger partial charge in [0, 0.05) is 17.1 Å². The highest BCUT2D eigenvalue weighted by atomic mass is 32.1. The summed E-state index contributed by atoms with van der Waals surface area (Å²) < 4.78 is 0. The third-order valence-corrected chi connectivity index (χ3v) is 4.06. The van der Waals surface area contributed by atoms with Crippen molar-refractivity contribution in [2.45, 2.75) is 19.8 Å². The Labute approximate surface area is 100 Å². The predicted octanol–water partition coefficient (Wildman–Crippen LogP) is 4.08. The second-order valence-corrected chi connectivity index (χ2v) is 5.41. The smallest absolute Gasteiger partial charge is 0.0373 e. The number of rotatable bonds is 1. The molecule has 0 fully saturated rings. The molecular formula is C14H15NS. The van der Waals surface area contributed by atoms with Crippen LogP contribution in [-0.4, -0.2) is 6.54 Å². The topological polar surface area (TPSA) is 12.0 Å². The van der Waals surface area contributed by atoms with Crippen LogP contribution in [0.3, 0.4) is 0 Å². The van der Waals surface area contributed by atoms with E-state index in [-0.39, 0.29) is 0 Å². The Morgan fingerprint density at radius 1 is 1.25 bits per heavy atom. The van der Waals surface area contributed by atoms with Crippen LogP contribution >= 0.6 is 11.3 Å². The number of fused-ring (bicyclic) bond motifs is 1. The minimum Gasteiger partial charge on any atom is -0.385 e. The van der Waals surface area contributed by atoms with E-state index in [2.05, 4.69) is 41.9 Å². The van der Waals surface area contributed by atoms with Gasteiger partial charge >= 0.3 is 0 Å². The molecule has 2 heteroatoms. The van der Waals surface area contributed by atoms with Gasteiger partial charge < -0.3 is 5.32 Å². The highest BCUT2D eigenvalue weighted by molar-refractivity contribution is 7.10. The Hall–Kier alpha value is -1.28. The maximum atomic E-state index is 3.45. The SMILES string of the molecule is Cc1sccc1-c1ccc2c(c1)CCCN2. The molecule has 1 aromatic carbocycles. The fourth-order valence-electron chi connectivity index (χ4n) is 2.33. The summed E-state index contributed by atoms with van der Waals surface area (Å²) in [6.07, 6.45) is 2.46. The lowest BCUT2D eigenvalue weighted by Crippen LogP contribution is -2.11. The third-order valence-electron chi connectivity index (χ3n) is 3.21. The molecule has 0 saturated carbocycles. The molecule has 1 N–H and O–H groups in total. The van der Waals surface area contributed by atoms with E-state index in [1.807, 2.05) is 11.3 Å². The quantitative estimate of drug-likeness (QED) is 0.777. The molecule has 0 radical (unpaired) electrons. The number of aryl methyl sites for hydroxylation is 2. The highest BCUT2D eigenvalue weighted by Gasteiger charge is 2.10. The Bertz CT molecular complexity index is 513. The molecule has 2 aromatic rings. The molecule has 0 atom stereocenters. The molecule has 2 heterocycles. The minimum absolute atomic E-state index is 1.11. The highest BCUT2D eigenvalue weighted by Crippen LogP contribution is 2.31. The third kappa shape index (κ3) is 1.63. The maximum Gasteiger partial charge on any atom is 0.0373 e. The molecule has 0 spiro atoms. The van der Waals surface area contributed by atoms with Crippen LogP contribution in [-0.2, 0) is 6.42 Å². The van der Waals surface area contributed by atoms with Gasteiger partial charge in [-0.1, -0.05) is 6.07 Å². The van der Waals surface area contributed by atoms with E-state index in [0.29, 0.717) is 0 Å². The van der Waals surface area contributed by atoms with Gasteiger partial charge in [-0.05, 0) is 60.0 Å².